The average Bonchev–Trinajstić information content (AvgIpc) is 2.30. The van der Waals surface area contributed by atoms with Crippen molar-refractivity contribution in [3.8, 4) is 0 Å². The molecule has 0 aliphatic heterocycles. The van der Waals surface area contributed by atoms with Crippen molar-refractivity contribution in [3.63, 3.8) is 0 Å². The Labute approximate surface area is 89.3 Å². The van der Waals surface area contributed by atoms with Crippen LogP contribution in [0, 0.1) is 11.8 Å². The molecule has 1 rings (SSSR count). The molecule has 15 heavy (non-hydrogen) atoms. The van der Waals surface area contributed by atoms with Crippen LogP contribution in [-0.4, -0.2) is 33.8 Å². The van der Waals surface area contributed by atoms with Gasteiger partial charge in [-0.25, -0.2) is 8.78 Å². The van der Waals surface area contributed by atoms with Gasteiger partial charge in [0.2, 0.25) is 0 Å². The third-order valence-corrected chi connectivity index (χ3v) is 3.74. The lowest BCUT2D eigenvalue weighted by Gasteiger charge is -2.28. The van der Waals surface area contributed by atoms with Crippen LogP contribution in [0.5, 0.6) is 0 Å². The molecule has 4 unspecified atom stereocenters. The van der Waals surface area contributed by atoms with Crippen molar-refractivity contribution in [1.29, 1.82) is 0 Å². The lowest BCUT2D eigenvalue weighted by Crippen LogP contribution is -2.44. The lowest BCUT2D eigenvalue weighted by molar-refractivity contribution is -0.0829. The fraction of sp³-hybridized carbons (Fsp3) is 1.00. The molecule has 1 aliphatic carbocycles. The molecule has 90 valence electrons. The zero-order valence-electron chi connectivity index (χ0n) is 9.67. The summed E-state index contributed by atoms with van der Waals surface area (Å²) >= 11 is 0. The minimum atomic E-state index is -2.03. The summed E-state index contributed by atoms with van der Waals surface area (Å²) in [6.45, 7) is 6.34. The first-order valence-corrected chi connectivity index (χ1v) is 5.40. The van der Waals surface area contributed by atoms with E-state index in [0.29, 0.717) is 0 Å². The van der Waals surface area contributed by atoms with Gasteiger partial charge in [-0.05, 0) is 11.8 Å². The molecule has 0 saturated heterocycles. The van der Waals surface area contributed by atoms with Crippen LogP contribution in [0.2, 0.25) is 0 Å². The average molecular weight is 222 g/mol. The molecule has 0 aromatic rings. The third kappa shape index (κ3) is 1.68. The maximum atomic E-state index is 14.3. The number of rotatable bonds is 2. The second kappa shape index (κ2) is 3.67. The molecule has 2 N–H and O–H groups in total. The molecular weight excluding hydrogens is 202 g/mol. The van der Waals surface area contributed by atoms with E-state index in [1.807, 2.05) is 0 Å². The molecule has 4 atom stereocenters. The molecule has 0 amide bonds. The molecule has 0 spiro atoms. The molecule has 0 aromatic heterocycles. The van der Waals surface area contributed by atoms with E-state index in [4.69, 9.17) is 0 Å². The Morgan fingerprint density at radius 2 is 1.20 bits per heavy atom. The Hall–Kier alpha value is -0.220. The Kier molecular flexibility index (Phi) is 3.14. The zero-order chi connectivity index (χ0) is 12.0. The highest BCUT2D eigenvalue weighted by molar-refractivity contribution is 5.13. The van der Waals surface area contributed by atoms with E-state index in [2.05, 4.69) is 0 Å². The van der Waals surface area contributed by atoms with E-state index >= 15 is 0 Å². The van der Waals surface area contributed by atoms with Crippen LogP contribution in [-0.2, 0) is 0 Å². The summed E-state index contributed by atoms with van der Waals surface area (Å²) in [4.78, 5) is 0. The molecule has 0 aromatic carbocycles. The largest absolute Gasteiger partial charge is 0.387 e. The second-order valence-electron chi connectivity index (χ2n) is 5.23. The molecule has 1 aliphatic rings. The molecule has 0 radical (unpaired) electrons. The van der Waals surface area contributed by atoms with Crippen molar-refractivity contribution in [2.75, 3.05) is 0 Å². The van der Waals surface area contributed by atoms with Gasteiger partial charge in [-0.2, -0.15) is 0 Å². The number of hydrogen-bond acceptors (Lipinski definition) is 2. The highest BCUT2D eigenvalue weighted by Gasteiger charge is 2.64. The van der Waals surface area contributed by atoms with Crippen LogP contribution in [0.15, 0.2) is 0 Å². The normalized spacial score (nSPS) is 46.8. The van der Waals surface area contributed by atoms with Crippen LogP contribution in [0.1, 0.15) is 34.1 Å². The predicted molar refractivity (Wildman–Crippen MR) is 54.0 cm³/mol. The summed E-state index contributed by atoms with van der Waals surface area (Å²) < 4.78 is 28.6. The monoisotopic (exact) mass is 222 g/mol. The molecule has 1 saturated carbocycles. The maximum Gasteiger partial charge on any atom is 0.144 e. The third-order valence-electron chi connectivity index (χ3n) is 3.74. The van der Waals surface area contributed by atoms with E-state index in [1.165, 1.54) is 0 Å². The van der Waals surface area contributed by atoms with Crippen molar-refractivity contribution in [1.82, 2.24) is 0 Å². The Morgan fingerprint density at radius 1 is 0.933 bits per heavy atom. The smallest absolute Gasteiger partial charge is 0.144 e. The Morgan fingerprint density at radius 3 is 1.33 bits per heavy atom. The number of alkyl halides is 2. The van der Waals surface area contributed by atoms with E-state index in [1.54, 1.807) is 27.7 Å². The first-order valence-electron chi connectivity index (χ1n) is 5.40. The highest BCUT2D eigenvalue weighted by atomic mass is 19.2. The Bertz CT molecular complexity index is 221. The molecular formula is C11H20F2O2. The first kappa shape index (κ1) is 12.8. The van der Waals surface area contributed by atoms with E-state index in [9.17, 15) is 19.0 Å². The van der Waals surface area contributed by atoms with Gasteiger partial charge in [-0.3, -0.25) is 0 Å². The van der Waals surface area contributed by atoms with E-state index in [-0.39, 0.29) is 0 Å². The van der Waals surface area contributed by atoms with Gasteiger partial charge in [-0.1, -0.05) is 27.7 Å². The van der Waals surface area contributed by atoms with Gasteiger partial charge < -0.3 is 10.2 Å². The number of aliphatic hydroxyl groups is 2. The SMILES string of the molecule is CC(C)C1(F)CC(F)(C(C)C)C(O)C1O. The summed E-state index contributed by atoms with van der Waals surface area (Å²) in [5.41, 5.74) is -4.06. The standard InChI is InChI=1S/C11H20F2O2/c1-6(2)10(12)5-11(13,7(3)4)9(15)8(10)14/h6-9,14-15H,5H2,1-4H3. The predicted octanol–water partition coefficient (Wildman–Crippen LogP) is 1.84. The number of halogens is 2. The molecule has 2 nitrogen and oxygen atoms in total. The minimum absolute atomic E-state index is 0.433. The van der Waals surface area contributed by atoms with Crippen LogP contribution >= 0.6 is 0 Å². The van der Waals surface area contributed by atoms with Crippen molar-refractivity contribution >= 4 is 0 Å². The summed E-state index contributed by atoms with van der Waals surface area (Å²) in [6.07, 6.45) is -3.70. The molecule has 0 bridgehead atoms. The van der Waals surface area contributed by atoms with Gasteiger partial charge in [-0.15, -0.1) is 0 Å². The van der Waals surface area contributed by atoms with Gasteiger partial charge in [0, 0.05) is 6.42 Å². The van der Waals surface area contributed by atoms with Gasteiger partial charge >= 0.3 is 0 Å². The zero-order valence-corrected chi connectivity index (χ0v) is 9.67. The lowest BCUT2D eigenvalue weighted by atomic mass is 9.84. The molecule has 4 heteroatoms. The van der Waals surface area contributed by atoms with E-state index in [0.717, 1.165) is 0 Å². The van der Waals surface area contributed by atoms with Crippen molar-refractivity contribution in [2.24, 2.45) is 11.8 Å². The van der Waals surface area contributed by atoms with Crippen molar-refractivity contribution in [2.45, 2.75) is 57.7 Å². The highest BCUT2D eigenvalue weighted by Crippen LogP contribution is 2.50. The topological polar surface area (TPSA) is 40.5 Å². The van der Waals surface area contributed by atoms with Crippen LogP contribution in [0.4, 0.5) is 8.78 Å². The summed E-state index contributed by atoms with van der Waals surface area (Å²) in [5, 5.41) is 19.2. The maximum absolute atomic E-state index is 14.3. The summed E-state index contributed by atoms with van der Waals surface area (Å²) in [6, 6.07) is 0. The van der Waals surface area contributed by atoms with Crippen LogP contribution < -0.4 is 0 Å². The van der Waals surface area contributed by atoms with Crippen molar-refractivity contribution < 1.29 is 19.0 Å². The first-order chi connectivity index (χ1) is 6.66. The molecule has 1 fully saturated rings. The molecule has 0 heterocycles. The second-order valence-corrected chi connectivity index (χ2v) is 5.23. The van der Waals surface area contributed by atoms with Gasteiger partial charge in [0.25, 0.3) is 0 Å². The quantitative estimate of drug-likeness (QED) is 0.748. The van der Waals surface area contributed by atoms with Gasteiger partial charge in [0.15, 0.2) is 0 Å². The summed E-state index contributed by atoms with van der Waals surface area (Å²) in [5.74, 6) is -1.03. The van der Waals surface area contributed by atoms with Gasteiger partial charge in [0.05, 0.1) is 0 Å². The number of aliphatic hydroxyl groups excluding tert-OH is 2. The van der Waals surface area contributed by atoms with E-state index < -0.39 is 41.8 Å². The fourth-order valence-electron chi connectivity index (χ4n) is 2.24. The van der Waals surface area contributed by atoms with Crippen LogP contribution in [0.25, 0.3) is 0 Å². The van der Waals surface area contributed by atoms with Gasteiger partial charge in [0.1, 0.15) is 23.5 Å². The Balaban J connectivity index is 3.04. The number of hydrogen-bond donors (Lipinski definition) is 2. The summed E-state index contributed by atoms with van der Waals surface area (Å²) in [7, 11) is 0. The minimum Gasteiger partial charge on any atom is -0.387 e. The van der Waals surface area contributed by atoms with Crippen molar-refractivity contribution in [3.05, 3.63) is 0 Å². The van der Waals surface area contributed by atoms with Crippen LogP contribution in [0.3, 0.4) is 0 Å². The fourth-order valence-corrected chi connectivity index (χ4v) is 2.24.